The van der Waals surface area contributed by atoms with E-state index >= 15 is 0 Å². The minimum atomic E-state index is 0.625. The van der Waals surface area contributed by atoms with Gasteiger partial charge in [-0.1, -0.05) is 123 Å². The summed E-state index contributed by atoms with van der Waals surface area (Å²) in [4.78, 5) is 2.95. The van der Waals surface area contributed by atoms with Crippen LogP contribution in [0.1, 0.15) is 112 Å². The number of rotatable bonds is 14. The van der Waals surface area contributed by atoms with Crippen LogP contribution in [-0.2, 0) is 0 Å². The van der Waals surface area contributed by atoms with E-state index in [9.17, 15) is 0 Å². The first kappa shape index (κ1) is 26.8. The minimum absolute atomic E-state index is 0.625. The van der Waals surface area contributed by atoms with E-state index in [0.29, 0.717) is 12.1 Å². The van der Waals surface area contributed by atoms with Crippen LogP contribution in [0.5, 0.6) is 0 Å². The number of hydrogen-bond donors (Lipinski definition) is 0. The van der Waals surface area contributed by atoms with Gasteiger partial charge in [-0.3, -0.25) is 0 Å². The van der Waals surface area contributed by atoms with Crippen LogP contribution in [0.2, 0.25) is 11.6 Å². The fraction of sp³-hybridized carbons (Fsp3) is 0.806. The second kappa shape index (κ2) is 13.4. The Morgan fingerprint density at radius 1 is 0.909 bits per heavy atom. The molecule has 0 amide bonds. The first-order valence-corrected chi connectivity index (χ1v) is 14.7. The molecule has 0 spiro atoms. The molecule has 1 nitrogen and oxygen atoms in total. The van der Waals surface area contributed by atoms with Gasteiger partial charge >= 0.3 is 0 Å². The zero-order chi connectivity index (χ0) is 23.8. The zero-order valence-electron chi connectivity index (χ0n) is 22.7. The van der Waals surface area contributed by atoms with Crippen molar-refractivity contribution in [1.29, 1.82) is 0 Å². The Hall–Kier alpha value is -0.755. The first-order chi connectivity index (χ1) is 16.0. The van der Waals surface area contributed by atoms with Crippen LogP contribution >= 0.6 is 0 Å². The Morgan fingerprint density at radius 2 is 1.64 bits per heavy atom. The molecule has 0 aromatic carbocycles. The Morgan fingerprint density at radius 3 is 2.30 bits per heavy atom. The summed E-state index contributed by atoms with van der Waals surface area (Å²) in [6, 6.07) is 1.25. The summed E-state index contributed by atoms with van der Waals surface area (Å²) < 4.78 is 0. The predicted octanol–water partition coefficient (Wildman–Crippen LogP) is 9.34. The Labute approximate surface area is 207 Å². The van der Waals surface area contributed by atoms with Crippen LogP contribution in [-0.4, -0.2) is 23.7 Å². The van der Waals surface area contributed by atoms with Gasteiger partial charge in [0.15, 0.2) is 0 Å². The smallest absolute Gasteiger partial charge is 0.230 e. The molecule has 2 heteroatoms. The molecular weight excluding hydrogens is 397 g/mol. The lowest BCUT2D eigenvalue weighted by Gasteiger charge is -2.44. The van der Waals surface area contributed by atoms with Gasteiger partial charge in [0.05, 0.1) is 0 Å². The highest BCUT2D eigenvalue weighted by Crippen LogP contribution is 2.56. The highest BCUT2D eigenvalue weighted by atomic mass is 15.1. The van der Waals surface area contributed by atoms with Crippen molar-refractivity contribution in [1.82, 2.24) is 4.81 Å². The van der Waals surface area contributed by atoms with Crippen molar-refractivity contribution in [3.8, 4) is 0 Å². The second-order valence-corrected chi connectivity index (χ2v) is 12.2. The fourth-order valence-corrected chi connectivity index (χ4v) is 8.05. The average molecular weight is 452 g/mol. The molecule has 6 unspecified atom stereocenters. The quantitative estimate of drug-likeness (QED) is 0.144. The van der Waals surface area contributed by atoms with Crippen molar-refractivity contribution in [3.63, 3.8) is 0 Å². The Bertz CT molecular complexity index is 627. The van der Waals surface area contributed by atoms with E-state index in [0.717, 1.165) is 42.2 Å². The summed E-state index contributed by atoms with van der Waals surface area (Å²) in [6.07, 6.45) is 28.9. The molecule has 3 aliphatic rings. The van der Waals surface area contributed by atoms with E-state index in [1.165, 1.54) is 77.0 Å². The van der Waals surface area contributed by atoms with Crippen LogP contribution < -0.4 is 0 Å². The average Bonchev–Trinajstić information content (AvgIpc) is 3.40. The maximum absolute atomic E-state index is 3.97. The summed E-state index contributed by atoms with van der Waals surface area (Å²) in [7, 11) is 0. The van der Waals surface area contributed by atoms with E-state index < -0.39 is 0 Å². The number of hydrogen-bond acceptors (Lipinski definition) is 1. The monoisotopic (exact) mass is 451 g/mol. The molecule has 33 heavy (non-hydrogen) atoms. The largest absolute Gasteiger partial charge is 0.337 e. The van der Waals surface area contributed by atoms with E-state index in [4.69, 9.17) is 0 Å². The SMILES string of the molecule is C=CCCCC1CC(B(C2CCC(CCCCCC)C2)N(C(C)C)C(C)C)C2C=CC=CC12. The second-order valence-electron chi connectivity index (χ2n) is 12.2. The summed E-state index contributed by atoms with van der Waals surface area (Å²) in [6.45, 7) is 16.9. The van der Waals surface area contributed by atoms with E-state index in [1.807, 2.05) is 0 Å². The van der Waals surface area contributed by atoms with Crippen molar-refractivity contribution < 1.29 is 0 Å². The maximum atomic E-state index is 3.97. The number of nitrogens with zero attached hydrogens (tertiary/aromatic N) is 1. The van der Waals surface area contributed by atoms with Gasteiger partial charge in [-0.15, -0.1) is 6.58 Å². The summed E-state index contributed by atoms with van der Waals surface area (Å²) in [5.41, 5.74) is 0. The van der Waals surface area contributed by atoms with Gasteiger partial charge in [-0.05, 0) is 66.7 Å². The summed E-state index contributed by atoms with van der Waals surface area (Å²) in [5.74, 6) is 5.06. The molecule has 0 aromatic rings. The molecule has 0 radical (unpaired) electrons. The molecule has 6 atom stereocenters. The molecule has 186 valence electrons. The highest BCUT2D eigenvalue weighted by Gasteiger charge is 2.51. The molecule has 0 aromatic heterocycles. The minimum Gasteiger partial charge on any atom is -0.337 e. The molecule has 2 saturated carbocycles. The van der Waals surface area contributed by atoms with E-state index in [-0.39, 0.29) is 0 Å². The fourth-order valence-electron chi connectivity index (χ4n) is 8.05. The molecule has 2 fully saturated rings. The molecule has 0 aliphatic heterocycles. The third-order valence-corrected chi connectivity index (χ3v) is 9.33. The molecule has 0 N–H and O–H groups in total. The van der Waals surface area contributed by atoms with Crippen molar-refractivity contribution >= 4 is 6.85 Å². The van der Waals surface area contributed by atoms with Gasteiger partial charge in [0.2, 0.25) is 6.85 Å². The Kier molecular flexibility index (Phi) is 10.9. The summed E-state index contributed by atoms with van der Waals surface area (Å²) in [5, 5.41) is 0. The van der Waals surface area contributed by atoms with Gasteiger partial charge < -0.3 is 4.81 Å². The molecule has 0 heterocycles. The van der Waals surface area contributed by atoms with Crippen LogP contribution in [0.3, 0.4) is 0 Å². The van der Waals surface area contributed by atoms with Crippen LogP contribution in [0, 0.1) is 23.7 Å². The predicted molar refractivity (Wildman–Crippen MR) is 149 cm³/mol. The van der Waals surface area contributed by atoms with Crippen LogP contribution in [0.25, 0.3) is 0 Å². The van der Waals surface area contributed by atoms with Gasteiger partial charge in [0.1, 0.15) is 0 Å². The maximum Gasteiger partial charge on any atom is 0.230 e. The molecular formula is C31H54BN. The lowest BCUT2D eigenvalue weighted by Crippen LogP contribution is -2.53. The lowest BCUT2D eigenvalue weighted by atomic mass is 9.38. The first-order valence-electron chi connectivity index (χ1n) is 14.7. The van der Waals surface area contributed by atoms with E-state index in [2.05, 4.69) is 76.4 Å². The molecule has 3 rings (SSSR count). The van der Waals surface area contributed by atoms with Gasteiger partial charge in [0, 0.05) is 0 Å². The van der Waals surface area contributed by atoms with Crippen molar-refractivity contribution in [2.45, 2.75) is 135 Å². The van der Waals surface area contributed by atoms with Crippen molar-refractivity contribution in [3.05, 3.63) is 37.0 Å². The Balaban J connectivity index is 1.78. The standard InChI is InChI=1S/C31H54BN/c1-7-9-11-13-16-26-20-21-28(22-26)32(33(24(3)4)25(5)6)31-23-27(17-12-10-8-2)29-18-14-15-19-30(29)31/h8,14-15,18-19,24-31H,2,7,9-13,16-17,20-23H2,1,3-6H3. The van der Waals surface area contributed by atoms with E-state index in [1.54, 1.807) is 0 Å². The molecule has 3 aliphatic carbocycles. The van der Waals surface area contributed by atoms with Crippen molar-refractivity contribution in [2.75, 3.05) is 0 Å². The molecule has 0 bridgehead atoms. The van der Waals surface area contributed by atoms with Crippen molar-refractivity contribution in [2.24, 2.45) is 23.7 Å². The third-order valence-electron chi connectivity index (χ3n) is 9.33. The summed E-state index contributed by atoms with van der Waals surface area (Å²) >= 11 is 0. The number of unbranched alkanes of at least 4 members (excludes halogenated alkanes) is 4. The number of fused-ring (bicyclic) bond motifs is 1. The van der Waals surface area contributed by atoms with Crippen LogP contribution in [0.15, 0.2) is 37.0 Å². The lowest BCUT2D eigenvalue weighted by molar-refractivity contribution is 0.286. The van der Waals surface area contributed by atoms with Gasteiger partial charge in [-0.2, -0.15) is 0 Å². The van der Waals surface area contributed by atoms with Crippen LogP contribution in [0.4, 0.5) is 0 Å². The molecule has 0 saturated heterocycles. The van der Waals surface area contributed by atoms with Gasteiger partial charge in [0.25, 0.3) is 0 Å². The van der Waals surface area contributed by atoms with Gasteiger partial charge in [-0.25, -0.2) is 0 Å². The zero-order valence-corrected chi connectivity index (χ0v) is 22.7. The number of allylic oxidation sites excluding steroid dienone is 5. The highest BCUT2D eigenvalue weighted by molar-refractivity contribution is 6.59. The normalized spacial score (nSPS) is 31.2. The third kappa shape index (κ3) is 6.90. The topological polar surface area (TPSA) is 3.24 Å².